The maximum Gasteiger partial charge on any atom is 0.315 e. The summed E-state index contributed by atoms with van der Waals surface area (Å²) < 4.78 is 0. The molecule has 0 saturated carbocycles. The van der Waals surface area contributed by atoms with Crippen LogP contribution in [0.1, 0.15) is 42.5 Å². The summed E-state index contributed by atoms with van der Waals surface area (Å²) in [5, 5.41) is 29.8. The lowest BCUT2D eigenvalue weighted by molar-refractivity contribution is -0.386. The molecule has 2 N–H and O–H groups in total. The Bertz CT molecular complexity index is 571. The molecule has 0 spiro atoms. The fourth-order valence-corrected chi connectivity index (χ4v) is 2.67. The molecule has 0 amide bonds. The highest BCUT2D eigenvalue weighted by atomic mass is 35.5. The van der Waals surface area contributed by atoms with Crippen LogP contribution in [0.25, 0.3) is 0 Å². The molecule has 23 heavy (non-hydrogen) atoms. The molecule has 128 valence electrons. The van der Waals surface area contributed by atoms with Gasteiger partial charge in [0, 0.05) is 24.6 Å². The second-order valence-electron chi connectivity index (χ2n) is 5.55. The Morgan fingerprint density at radius 1 is 1.17 bits per heavy atom. The van der Waals surface area contributed by atoms with Crippen LogP contribution >= 0.6 is 12.4 Å². The van der Waals surface area contributed by atoms with Gasteiger partial charge in [0.25, 0.3) is 0 Å². The molecule has 1 aromatic carbocycles. The molecule has 1 heterocycles. The predicted octanol–water partition coefficient (Wildman–Crippen LogP) is 2.88. The van der Waals surface area contributed by atoms with Gasteiger partial charge >= 0.3 is 5.69 Å². The van der Waals surface area contributed by atoms with E-state index in [4.69, 9.17) is 0 Å². The van der Waals surface area contributed by atoms with Crippen LogP contribution in [-0.4, -0.2) is 45.5 Å². The van der Waals surface area contributed by atoms with Gasteiger partial charge < -0.3 is 15.1 Å². The minimum absolute atomic E-state index is 0. The van der Waals surface area contributed by atoms with Gasteiger partial charge in [-0.2, -0.15) is 0 Å². The number of nitro benzene ring substituents is 1. The maximum atomic E-state index is 12.2. The van der Waals surface area contributed by atoms with Gasteiger partial charge in [0.1, 0.15) is 0 Å². The minimum Gasteiger partial charge on any atom is -0.504 e. The summed E-state index contributed by atoms with van der Waals surface area (Å²) in [6.45, 7) is 2.54. The second-order valence-corrected chi connectivity index (χ2v) is 5.55. The summed E-state index contributed by atoms with van der Waals surface area (Å²) in [5.74, 6) is -1.73. The van der Waals surface area contributed by atoms with Crippen LogP contribution in [0.15, 0.2) is 12.1 Å². The first-order chi connectivity index (χ1) is 10.5. The quantitative estimate of drug-likeness (QED) is 0.368. The van der Waals surface area contributed by atoms with Crippen molar-refractivity contribution in [3.63, 3.8) is 0 Å². The highest BCUT2D eigenvalue weighted by Crippen LogP contribution is 2.36. The van der Waals surface area contributed by atoms with Gasteiger partial charge in [-0.25, -0.2) is 0 Å². The van der Waals surface area contributed by atoms with Gasteiger partial charge in [0.05, 0.1) is 4.92 Å². The molecule has 1 saturated heterocycles. The number of ketones is 1. The van der Waals surface area contributed by atoms with E-state index in [1.165, 1.54) is 12.8 Å². The molecule has 7 nitrogen and oxygen atoms in total. The number of aromatic hydroxyl groups is 2. The maximum absolute atomic E-state index is 12.2. The first-order valence-electron chi connectivity index (χ1n) is 7.45. The average molecular weight is 345 g/mol. The Morgan fingerprint density at radius 2 is 1.78 bits per heavy atom. The smallest absolute Gasteiger partial charge is 0.315 e. The normalized spacial score (nSPS) is 15.5. The SMILES string of the molecule is Cl.O=C(CCN1CCCCCC1)c1cc(O)c(O)c([N+](=O)[O-])c1. The van der Waals surface area contributed by atoms with Crippen molar-refractivity contribution in [2.75, 3.05) is 19.6 Å². The van der Waals surface area contributed by atoms with Crippen molar-refractivity contribution in [2.24, 2.45) is 0 Å². The van der Waals surface area contributed by atoms with Crippen molar-refractivity contribution in [1.82, 2.24) is 4.90 Å². The van der Waals surface area contributed by atoms with E-state index in [0.29, 0.717) is 6.54 Å². The summed E-state index contributed by atoms with van der Waals surface area (Å²) in [7, 11) is 0. The highest BCUT2D eigenvalue weighted by Gasteiger charge is 2.22. The Labute approximate surface area is 140 Å². The zero-order chi connectivity index (χ0) is 16.1. The van der Waals surface area contributed by atoms with Crippen molar-refractivity contribution in [3.05, 3.63) is 27.8 Å². The van der Waals surface area contributed by atoms with Crippen LogP contribution in [0.2, 0.25) is 0 Å². The molecular weight excluding hydrogens is 324 g/mol. The topological polar surface area (TPSA) is 104 Å². The lowest BCUT2D eigenvalue weighted by Crippen LogP contribution is -2.27. The number of phenols is 2. The van der Waals surface area contributed by atoms with E-state index in [0.717, 1.165) is 38.1 Å². The number of hydrogen-bond acceptors (Lipinski definition) is 6. The summed E-state index contributed by atoms with van der Waals surface area (Å²) in [5.41, 5.74) is -0.602. The minimum atomic E-state index is -0.819. The lowest BCUT2D eigenvalue weighted by atomic mass is 10.1. The van der Waals surface area contributed by atoms with E-state index in [9.17, 15) is 25.1 Å². The zero-order valence-electron chi connectivity index (χ0n) is 12.7. The Morgan fingerprint density at radius 3 is 2.35 bits per heavy atom. The van der Waals surface area contributed by atoms with Gasteiger partial charge in [-0.15, -0.1) is 12.4 Å². The van der Waals surface area contributed by atoms with Crippen molar-refractivity contribution in [2.45, 2.75) is 32.1 Å². The number of carbonyl (C=O) groups is 1. The average Bonchev–Trinajstić information content (AvgIpc) is 2.75. The number of halogens is 1. The fraction of sp³-hybridized carbons (Fsp3) is 0.533. The van der Waals surface area contributed by atoms with E-state index in [2.05, 4.69) is 4.90 Å². The van der Waals surface area contributed by atoms with Crippen LogP contribution < -0.4 is 0 Å². The van der Waals surface area contributed by atoms with E-state index >= 15 is 0 Å². The van der Waals surface area contributed by atoms with Gasteiger partial charge in [0.2, 0.25) is 5.75 Å². The van der Waals surface area contributed by atoms with E-state index in [1.807, 2.05) is 0 Å². The summed E-state index contributed by atoms with van der Waals surface area (Å²) >= 11 is 0. The molecule has 0 radical (unpaired) electrons. The molecule has 2 rings (SSSR count). The third-order valence-corrected chi connectivity index (χ3v) is 3.94. The van der Waals surface area contributed by atoms with E-state index in [-0.39, 0.29) is 30.2 Å². The molecule has 0 aliphatic carbocycles. The van der Waals surface area contributed by atoms with Crippen LogP contribution in [-0.2, 0) is 0 Å². The molecule has 1 aliphatic heterocycles. The van der Waals surface area contributed by atoms with E-state index < -0.39 is 22.1 Å². The molecule has 0 bridgehead atoms. The van der Waals surface area contributed by atoms with Gasteiger partial charge in [-0.05, 0) is 32.0 Å². The number of rotatable bonds is 5. The number of nitrogens with zero attached hydrogens (tertiary/aromatic N) is 2. The molecule has 8 heteroatoms. The highest BCUT2D eigenvalue weighted by molar-refractivity contribution is 5.97. The Hall–Kier alpha value is -1.86. The standard InChI is InChI=1S/C15H20N2O5.ClH/c18-13(5-8-16-6-3-1-2-4-7-16)11-9-12(17(21)22)15(20)14(19)10-11;/h9-10,19-20H,1-8H2;1H. The number of hydrogen-bond donors (Lipinski definition) is 2. The number of nitro groups is 1. The van der Waals surface area contributed by atoms with Gasteiger partial charge in [-0.1, -0.05) is 12.8 Å². The largest absolute Gasteiger partial charge is 0.504 e. The van der Waals surface area contributed by atoms with Crippen molar-refractivity contribution < 1.29 is 19.9 Å². The number of carbonyl (C=O) groups excluding carboxylic acids is 1. The summed E-state index contributed by atoms with van der Waals surface area (Å²) in [6.07, 6.45) is 4.91. The molecule has 0 unspecified atom stereocenters. The summed E-state index contributed by atoms with van der Waals surface area (Å²) in [6, 6.07) is 2.09. The fourth-order valence-electron chi connectivity index (χ4n) is 2.67. The van der Waals surface area contributed by atoms with Gasteiger partial charge in [0.15, 0.2) is 11.5 Å². The van der Waals surface area contributed by atoms with Crippen LogP contribution in [0.5, 0.6) is 11.5 Å². The molecule has 1 aliphatic rings. The number of Topliss-reactive ketones (excluding diaryl/α,β-unsaturated/α-hetero) is 1. The van der Waals surface area contributed by atoms with Crippen LogP contribution in [0.4, 0.5) is 5.69 Å². The molecule has 1 fully saturated rings. The first-order valence-corrected chi connectivity index (χ1v) is 7.45. The Balaban J connectivity index is 0.00000264. The van der Waals surface area contributed by atoms with Crippen molar-refractivity contribution >= 4 is 23.9 Å². The monoisotopic (exact) mass is 344 g/mol. The molecule has 0 aromatic heterocycles. The van der Waals surface area contributed by atoms with Gasteiger partial charge in [-0.3, -0.25) is 14.9 Å². The van der Waals surface area contributed by atoms with Crippen molar-refractivity contribution in [1.29, 1.82) is 0 Å². The predicted molar refractivity (Wildman–Crippen MR) is 87.5 cm³/mol. The third-order valence-electron chi connectivity index (χ3n) is 3.94. The van der Waals surface area contributed by atoms with E-state index in [1.54, 1.807) is 0 Å². The Kier molecular flexibility index (Phi) is 7.25. The molecule has 0 atom stereocenters. The molecular formula is C15H21ClN2O5. The lowest BCUT2D eigenvalue weighted by Gasteiger charge is -2.19. The van der Waals surface area contributed by atoms with Crippen LogP contribution in [0.3, 0.4) is 0 Å². The number of likely N-dealkylation sites (tertiary alicyclic amines) is 1. The second kappa shape index (κ2) is 8.69. The zero-order valence-corrected chi connectivity index (χ0v) is 13.5. The van der Waals surface area contributed by atoms with Crippen LogP contribution in [0, 0.1) is 10.1 Å². The summed E-state index contributed by atoms with van der Waals surface area (Å²) in [4.78, 5) is 24.4. The molecule has 1 aromatic rings. The number of benzene rings is 1. The third kappa shape index (κ3) is 5.07. The number of phenolic OH excluding ortho intramolecular Hbond substituents is 2. The van der Waals surface area contributed by atoms with Crippen molar-refractivity contribution in [3.8, 4) is 11.5 Å². The first kappa shape index (κ1) is 19.2.